The molecule has 0 aliphatic rings. The van der Waals surface area contributed by atoms with Crippen molar-refractivity contribution in [3.63, 3.8) is 0 Å². The first kappa shape index (κ1) is 18.0. The van der Waals surface area contributed by atoms with Gasteiger partial charge < -0.3 is 14.8 Å². The molecule has 0 unspecified atom stereocenters. The number of carbonyl (C=O) groups excluding carboxylic acids is 1. The molecule has 0 aliphatic carbocycles. The Labute approximate surface area is 156 Å². The molecule has 7 heteroatoms. The van der Waals surface area contributed by atoms with E-state index < -0.39 is 0 Å². The number of methoxy groups -OCH3 is 2. The summed E-state index contributed by atoms with van der Waals surface area (Å²) in [5, 5.41) is 9.22. The van der Waals surface area contributed by atoms with Gasteiger partial charge in [0.1, 0.15) is 5.82 Å². The van der Waals surface area contributed by atoms with Crippen LogP contribution in [-0.4, -0.2) is 29.9 Å². The number of ether oxygens (including phenoxy) is 2. The molecule has 0 fully saturated rings. The maximum absolute atomic E-state index is 12.6. The summed E-state index contributed by atoms with van der Waals surface area (Å²) in [7, 11) is 3.21. The van der Waals surface area contributed by atoms with Crippen LogP contribution < -0.4 is 14.8 Å². The number of nitrogens with one attached hydrogen (secondary N) is 1. The molecule has 3 aromatic rings. The van der Waals surface area contributed by atoms with E-state index in [9.17, 15) is 4.79 Å². The summed E-state index contributed by atoms with van der Waals surface area (Å²) in [4.78, 5) is 13.3. The maximum atomic E-state index is 12.6. The van der Waals surface area contributed by atoms with Crippen LogP contribution in [0.1, 0.15) is 27.7 Å². The third kappa shape index (κ3) is 3.57. The summed E-state index contributed by atoms with van der Waals surface area (Å²) < 4.78 is 12.5. The Balaban J connectivity index is 1.83. The molecule has 2 aromatic heterocycles. The fraction of sp³-hybridized carbons (Fsp3) is 0.263. The summed E-state index contributed by atoms with van der Waals surface area (Å²) >= 11 is 1.45. The van der Waals surface area contributed by atoms with Gasteiger partial charge in [0, 0.05) is 11.6 Å². The van der Waals surface area contributed by atoms with Crippen LogP contribution in [0.5, 0.6) is 11.5 Å². The molecule has 1 aromatic carbocycles. The van der Waals surface area contributed by atoms with E-state index in [2.05, 4.69) is 10.4 Å². The molecule has 6 nitrogen and oxygen atoms in total. The molecule has 0 radical (unpaired) electrons. The Morgan fingerprint density at radius 2 is 2.04 bits per heavy atom. The van der Waals surface area contributed by atoms with Gasteiger partial charge in [-0.25, -0.2) is 4.68 Å². The Kier molecular flexibility index (Phi) is 5.58. The minimum atomic E-state index is -0.115. The monoisotopic (exact) mass is 371 g/mol. The van der Waals surface area contributed by atoms with Gasteiger partial charge in [0.25, 0.3) is 5.91 Å². The van der Waals surface area contributed by atoms with Gasteiger partial charge in [-0.05, 0) is 29.5 Å². The van der Waals surface area contributed by atoms with Gasteiger partial charge in [0.15, 0.2) is 11.5 Å². The van der Waals surface area contributed by atoms with Crippen molar-refractivity contribution < 1.29 is 14.3 Å². The van der Waals surface area contributed by atoms with E-state index in [1.54, 1.807) is 31.2 Å². The second-order valence-corrected chi connectivity index (χ2v) is 6.53. The number of benzene rings is 1. The Hall–Kier alpha value is -2.80. The first-order valence-corrected chi connectivity index (χ1v) is 9.15. The third-order valence-electron chi connectivity index (χ3n) is 4.10. The molecule has 0 aliphatic heterocycles. The molecule has 0 bridgehead atoms. The number of hydrogen-bond acceptors (Lipinski definition) is 5. The first-order valence-electron chi connectivity index (χ1n) is 8.27. The van der Waals surface area contributed by atoms with E-state index in [4.69, 9.17) is 9.47 Å². The largest absolute Gasteiger partial charge is 0.493 e. The van der Waals surface area contributed by atoms with E-state index in [0.717, 1.165) is 22.4 Å². The third-order valence-corrected chi connectivity index (χ3v) is 5.05. The smallest absolute Gasteiger partial charge is 0.267 e. The molecule has 0 spiro atoms. The van der Waals surface area contributed by atoms with Crippen molar-refractivity contribution in [1.29, 1.82) is 0 Å². The van der Waals surface area contributed by atoms with E-state index in [0.29, 0.717) is 23.9 Å². The highest BCUT2D eigenvalue weighted by atomic mass is 32.1. The highest BCUT2D eigenvalue weighted by molar-refractivity contribution is 7.12. The predicted molar refractivity (Wildman–Crippen MR) is 103 cm³/mol. The number of anilines is 1. The van der Waals surface area contributed by atoms with Crippen molar-refractivity contribution in [2.24, 2.45) is 0 Å². The van der Waals surface area contributed by atoms with Gasteiger partial charge in [-0.2, -0.15) is 5.10 Å². The number of carbonyl (C=O) groups is 1. The number of para-hydroxylation sites is 1. The minimum absolute atomic E-state index is 0.115. The lowest BCUT2D eigenvalue weighted by atomic mass is 10.2. The zero-order valence-electron chi connectivity index (χ0n) is 15.0. The second-order valence-electron chi connectivity index (χ2n) is 5.61. The average molecular weight is 371 g/mol. The molecule has 0 saturated carbocycles. The van der Waals surface area contributed by atoms with Crippen LogP contribution >= 0.6 is 11.3 Å². The highest BCUT2D eigenvalue weighted by Crippen LogP contribution is 2.31. The summed E-state index contributed by atoms with van der Waals surface area (Å²) in [6.45, 7) is 2.49. The quantitative estimate of drug-likeness (QED) is 0.686. The maximum Gasteiger partial charge on any atom is 0.267 e. The number of amides is 1. The lowest BCUT2D eigenvalue weighted by molar-refractivity contribution is 0.102. The number of aromatic nitrogens is 2. The van der Waals surface area contributed by atoms with Crippen LogP contribution in [0.4, 0.5) is 5.82 Å². The lowest BCUT2D eigenvalue weighted by Gasteiger charge is -2.14. The highest BCUT2D eigenvalue weighted by Gasteiger charge is 2.16. The second kappa shape index (κ2) is 8.05. The molecule has 136 valence electrons. The normalized spacial score (nSPS) is 10.6. The van der Waals surface area contributed by atoms with E-state index in [1.165, 1.54) is 11.3 Å². The summed E-state index contributed by atoms with van der Waals surface area (Å²) in [5.74, 6) is 1.84. The first-order chi connectivity index (χ1) is 12.7. The molecule has 0 saturated heterocycles. The summed E-state index contributed by atoms with van der Waals surface area (Å²) in [6.07, 6.45) is 2.49. The fourth-order valence-electron chi connectivity index (χ4n) is 2.79. The Morgan fingerprint density at radius 3 is 2.77 bits per heavy atom. The van der Waals surface area contributed by atoms with Crippen molar-refractivity contribution in [2.45, 2.75) is 19.9 Å². The number of nitrogens with zero attached hydrogens (tertiary/aromatic N) is 2. The van der Waals surface area contributed by atoms with Crippen LogP contribution in [0.15, 0.2) is 41.9 Å². The standard InChI is InChI=1S/C19H21N3O3S/c1-4-13-9-11-26-18(13)19(23)21-16-8-10-20-22(16)12-14-6-5-7-15(24-2)17(14)25-3/h5-11H,4,12H2,1-3H3,(H,21,23). The van der Waals surface area contributed by atoms with Crippen molar-refractivity contribution in [1.82, 2.24) is 9.78 Å². The SMILES string of the molecule is CCc1ccsc1C(=O)Nc1ccnn1Cc1cccc(OC)c1OC. The predicted octanol–water partition coefficient (Wildman–Crippen LogP) is 3.82. The Bertz CT molecular complexity index is 901. The lowest BCUT2D eigenvalue weighted by Crippen LogP contribution is -2.16. The molecule has 26 heavy (non-hydrogen) atoms. The van der Waals surface area contributed by atoms with Crippen LogP contribution in [0, 0.1) is 0 Å². The zero-order chi connectivity index (χ0) is 18.5. The topological polar surface area (TPSA) is 65.4 Å². The van der Waals surface area contributed by atoms with Gasteiger partial charge in [0.2, 0.25) is 0 Å². The Morgan fingerprint density at radius 1 is 1.19 bits per heavy atom. The molecular formula is C19H21N3O3S. The molecule has 1 amide bonds. The van der Waals surface area contributed by atoms with E-state index in [1.807, 2.05) is 36.6 Å². The molecule has 2 heterocycles. The molecule has 0 atom stereocenters. The molecule has 3 rings (SSSR count). The van der Waals surface area contributed by atoms with Crippen molar-refractivity contribution >= 4 is 23.1 Å². The van der Waals surface area contributed by atoms with Crippen LogP contribution in [0.3, 0.4) is 0 Å². The molecular weight excluding hydrogens is 350 g/mol. The van der Waals surface area contributed by atoms with Crippen LogP contribution in [0.25, 0.3) is 0 Å². The van der Waals surface area contributed by atoms with Crippen molar-refractivity contribution in [3.05, 3.63) is 57.9 Å². The molecule has 1 N–H and O–H groups in total. The van der Waals surface area contributed by atoms with Crippen molar-refractivity contribution in [3.8, 4) is 11.5 Å². The van der Waals surface area contributed by atoms with E-state index >= 15 is 0 Å². The van der Waals surface area contributed by atoms with Crippen LogP contribution in [0.2, 0.25) is 0 Å². The van der Waals surface area contributed by atoms with Gasteiger partial charge in [-0.1, -0.05) is 19.1 Å². The number of rotatable bonds is 7. The number of thiophene rings is 1. The van der Waals surface area contributed by atoms with Gasteiger partial charge in [-0.3, -0.25) is 4.79 Å². The average Bonchev–Trinajstić information content (AvgIpc) is 3.30. The zero-order valence-corrected chi connectivity index (χ0v) is 15.8. The van der Waals surface area contributed by atoms with E-state index in [-0.39, 0.29) is 5.91 Å². The number of hydrogen-bond donors (Lipinski definition) is 1. The van der Waals surface area contributed by atoms with Gasteiger partial charge in [0.05, 0.1) is 31.8 Å². The van der Waals surface area contributed by atoms with Crippen molar-refractivity contribution in [2.75, 3.05) is 19.5 Å². The number of aryl methyl sites for hydroxylation is 1. The van der Waals surface area contributed by atoms with Crippen LogP contribution in [-0.2, 0) is 13.0 Å². The van der Waals surface area contributed by atoms with Gasteiger partial charge >= 0.3 is 0 Å². The summed E-state index contributed by atoms with van der Waals surface area (Å²) in [6, 6.07) is 9.46. The summed E-state index contributed by atoms with van der Waals surface area (Å²) in [5.41, 5.74) is 1.96. The fourth-order valence-corrected chi connectivity index (χ4v) is 3.68. The van der Waals surface area contributed by atoms with Gasteiger partial charge in [-0.15, -0.1) is 11.3 Å². The minimum Gasteiger partial charge on any atom is -0.493 e.